The molecule has 2 N–H and O–H groups in total. The number of rotatable bonds is 4. The van der Waals surface area contributed by atoms with E-state index >= 15 is 0 Å². The highest BCUT2D eigenvalue weighted by molar-refractivity contribution is 5.79. The summed E-state index contributed by atoms with van der Waals surface area (Å²) in [5, 5.41) is 0. The third-order valence-electron chi connectivity index (χ3n) is 4.08. The van der Waals surface area contributed by atoms with Gasteiger partial charge in [0.1, 0.15) is 0 Å². The summed E-state index contributed by atoms with van der Waals surface area (Å²) in [7, 11) is 1.83. The van der Waals surface area contributed by atoms with Gasteiger partial charge in [-0.1, -0.05) is 0 Å². The monoisotopic (exact) mass is 253 g/mol. The molecule has 1 saturated carbocycles. The predicted molar refractivity (Wildman–Crippen MR) is 68.8 cm³/mol. The van der Waals surface area contributed by atoms with Crippen LogP contribution in [-0.2, 0) is 9.59 Å². The first-order valence-electron chi connectivity index (χ1n) is 6.86. The maximum Gasteiger partial charge on any atom is 0.225 e. The summed E-state index contributed by atoms with van der Waals surface area (Å²) in [5.74, 6) is 0.507. The second-order valence-corrected chi connectivity index (χ2v) is 5.51. The molecule has 18 heavy (non-hydrogen) atoms. The van der Waals surface area contributed by atoms with Crippen LogP contribution in [0.5, 0.6) is 0 Å². The fraction of sp³-hybridized carbons (Fsp3) is 0.846. The molecule has 1 saturated heterocycles. The van der Waals surface area contributed by atoms with E-state index in [4.69, 9.17) is 5.73 Å². The van der Waals surface area contributed by atoms with Crippen LogP contribution in [0.25, 0.3) is 0 Å². The van der Waals surface area contributed by atoms with Gasteiger partial charge in [0.25, 0.3) is 0 Å². The fourth-order valence-corrected chi connectivity index (χ4v) is 2.87. The number of nitrogens with two attached hydrogens (primary N) is 1. The van der Waals surface area contributed by atoms with E-state index in [1.807, 2.05) is 11.9 Å². The van der Waals surface area contributed by atoms with Crippen molar-refractivity contribution >= 4 is 11.8 Å². The van der Waals surface area contributed by atoms with Crippen LogP contribution in [-0.4, -0.2) is 54.3 Å². The Bertz CT molecular complexity index is 332. The summed E-state index contributed by atoms with van der Waals surface area (Å²) in [6.07, 6.45) is 4.29. The van der Waals surface area contributed by atoms with Crippen molar-refractivity contribution in [3.8, 4) is 0 Å². The zero-order chi connectivity index (χ0) is 13.1. The Kier molecular flexibility index (Phi) is 4.22. The number of likely N-dealkylation sites (N-methyl/N-ethyl adjacent to an activating group) is 1. The Morgan fingerprint density at radius 2 is 2.28 bits per heavy atom. The first kappa shape index (κ1) is 13.3. The topological polar surface area (TPSA) is 66.6 Å². The van der Waals surface area contributed by atoms with Crippen molar-refractivity contribution < 1.29 is 9.59 Å². The summed E-state index contributed by atoms with van der Waals surface area (Å²) >= 11 is 0. The lowest BCUT2D eigenvalue weighted by atomic mass is 10.1. The molecule has 0 aromatic rings. The van der Waals surface area contributed by atoms with Crippen LogP contribution in [0.1, 0.15) is 32.1 Å². The lowest BCUT2D eigenvalue weighted by Crippen LogP contribution is -2.39. The molecule has 1 aliphatic carbocycles. The molecule has 0 aromatic heterocycles. The van der Waals surface area contributed by atoms with Crippen molar-refractivity contribution in [2.75, 3.05) is 26.7 Å². The minimum atomic E-state index is 0.0966. The van der Waals surface area contributed by atoms with Crippen molar-refractivity contribution in [3.63, 3.8) is 0 Å². The van der Waals surface area contributed by atoms with E-state index in [2.05, 4.69) is 0 Å². The number of likely N-dealkylation sites (tertiary alicyclic amines) is 1. The molecule has 2 fully saturated rings. The first-order valence-corrected chi connectivity index (χ1v) is 6.86. The van der Waals surface area contributed by atoms with Crippen molar-refractivity contribution in [1.29, 1.82) is 0 Å². The van der Waals surface area contributed by atoms with Gasteiger partial charge in [0.2, 0.25) is 11.8 Å². The number of nitrogens with zero attached hydrogens (tertiary/aromatic N) is 2. The number of carbonyl (C=O) groups excluding carboxylic acids is 2. The predicted octanol–water partition coefficient (Wildman–Crippen LogP) is 0.195. The van der Waals surface area contributed by atoms with Crippen LogP contribution in [0.3, 0.4) is 0 Å². The average Bonchev–Trinajstić information content (AvgIpc) is 2.94. The van der Waals surface area contributed by atoms with Gasteiger partial charge in [0.05, 0.1) is 0 Å². The zero-order valence-corrected chi connectivity index (χ0v) is 11.1. The summed E-state index contributed by atoms with van der Waals surface area (Å²) in [6, 6.07) is 0.188. The first-order chi connectivity index (χ1) is 8.58. The highest BCUT2D eigenvalue weighted by Crippen LogP contribution is 2.25. The van der Waals surface area contributed by atoms with Crippen LogP contribution < -0.4 is 5.73 Å². The van der Waals surface area contributed by atoms with Gasteiger partial charge < -0.3 is 15.5 Å². The normalized spacial score (nSPS) is 27.9. The molecule has 5 nitrogen and oxygen atoms in total. The zero-order valence-electron chi connectivity index (χ0n) is 11.1. The number of amides is 2. The summed E-state index contributed by atoms with van der Waals surface area (Å²) in [6.45, 7) is 2.14. The molecule has 0 bridgehead atoms. The van der Waals surface area contributed by atoms with Gasteiger partial charge >= 0.3 is 0 Å². The third kappa shape index (κ3) is 3.02. The number of carbonyl (C=O) groups is 2. The minimum Gasteiger partial charge on any atom is -0.344 e. The average molecular weight is 253 g/mol. The minimum absolute atomic E-state index is 0.0966. The number of hydrogen-bond acceptors (Lipinski definition) is 3. The Labute approximate surface area is 108 Å². The Morgan fingerprint density at radius 3 is 2.83 bits per heavy atom. The summed E-state index contributed by atoms with van der Waals surface area (Å²) < 4.78 is 0. The molecule has 2 aliphatic rings. The largest absolute Gasteiger partial charge is 0.344 e. The van der Waals surface area contributed by atoms with E-state index in [1.165, 1.54) is 0 Å². The molecule has 1 aliphatic heterocycles. The third-order valence-corrected chi connectivity index (χ3v) is 4.08. The van der Waals surface area contributed by atoms with Crippen LogP contribution in [0.15, 0.2) is 0 Å². The smallest absolute Gasteiger partial charge is 0.225 e. The molecule has 1 heterocycles. The molecule has 0 aromatic carbocycles. The van der Waals surface area contributed by atoms with E-state index < -0.39 is 0 Å². The second-order valence-electron chi connectivity index (χ2n) is 5.51. The lowest BCUT2D eigenvalue weighted by Gasteiger charge is -2.24. The highest BCUT2D eigenvalue weighted by Gasteiger charge is 2.30. The molecule has 0 spiro atoms. The van der Waals surface area contributed by atoms with Crippen molar-refractivity contribution in [3.05, 3.63) is 0 Å². The second kappa shape index (κ2) is 5.69. The Morgan fingerprint density at radius 1 is 1.50 bits per heavy atom. The molecular formula is C13H23N3O2. The van der Waals surface area contributed by atoms with Crippen LogP contribution in [0, 0.1) is 5.92 Å². The maximum absolute atomic E-state index is 12.1. The molecule has 2 amide bonds. The van der Waals surface area contributed by atoms with Gasteiger partial charge in [-0.15, -0.1) is 0 Å². The number of hydrogen-bond donors (Lipinski definition) is 1. The van der Waals surface area contributed by atoms with Crippen molar-refractivity contribution in [2.24, 2.45) is 11.7 Å². The van der Waals surface area contributed by atoms with E-state index in [-0.39, 0.29) is 23.8 Å². The van der Waals surface area contributed by atoms with E-state index in [9.17, 15) is 9.59 Å². The highest BCUT2D eigenvalue weighted by atomic mass is 16.2. The van der Waals surface area contributed by atoms with Crippen LogP contribution in [0.4, 0.5) is 0 Å². The molecule has 2 rings (SSSR count). The molecule has 102 valence electrons. The van der Waals surface area contributed by atoms with Gasteiger partial charge in [-0.2, -0.15) is 0 Å². The molecule has 5 heteroatoms. The van der Waals surface area contributed by atoms with E-state index in [0.717, 1.165) is 32.2 Å². The Hall–Kier alpha value is -1.10. The van der Waals surface area contributed by atoms with Crippen molar-refractivity contribution in [1.82, 2.24) is 9.80 Å². The van der Waals surface area contributed by atoms with Gasteiger partial charge in [-0.3, -0.25) is 9.59 Å². The molecule has 0 radical (unpaired) electrons. The SMILES string of the molecule is CN(CCN1CCCC1=O)C(=O)C1CCC(N)C1. The van der Waals surface area contributed by atoms with Gasteiger partial charge in [0, 0.05) is 45.1 Å². The van der Waals surface area contributed by atoms with Crippen LogP contribution in [0.2, 0.25) is 0 Å². The lowest BCUT2D eigenvalue weighted by molar-refractivity contribution is -0.135. The van der Waals surface area contributed by atoms with Crippen molar-refractivity contribution in [2.45, 2.75) is 38.1 Å². The fourth-order valence-electron chi connectivity index (χ4n) is 2.87. The van der Waals surface area contributed by atoms with Crippen LogP contribution >= 0.6 is 0 Å². The standard InChI is InChI=1S/C13H23N3O2/c1-15(7-8-16-6-2-3-12(16)17)13(18)10-4-5-11(14)9-10/h10-11H,2-9,14H2,1H3. The van der Waals surface area contributed by atoms with E-state index in [0.29, 0.717) is 19.5 Å². The summed E-state index contributed by atoms with van der Waals surface area (Å²) in [5.41, 5.74) is 5.83. The molecular weight excluding hydrogens is 230 g/mol. The van der Waals surface area contributed by atoms with Gasteiger partial charge in [-0.25, -0.2) is 0 Å². The summed E-state index contributed by atoms with van der Waals surface area (Å²) in [4.78, 5) is 27.2. The molecule has 2 atom stereocenters. The molecule has 2 unspecified atom stereocenters. The maximum atomic E-state index is 12.1. The Balaban J connectivity index is 1.75. The van der Waals surface area contributed by atoms with E-state index in [1.54, 1.807) is 4.90 Å². The quantitative estimate of drug-likeness (QED) is 0.778. The van der Waals surface area contributed by atoms with Gasteiger partial charge in [0.15, 0.2) is 0 Å². The van der Waals surface area contributed by atoms with Gasteiger partial charge in [-0.05, 0) is 25.7 Å².